The summed E-state index contributed by atoms with van der Waals surface area (Å²) in [5, 5.41) is 14.0. The first-order valence-electron chi connectivity index (χ1n) is 12.4. The Hall–Kier alpha value is -2.88. The summed E-state index contributed by atoms with van der Waals surface area (Å²) in [4.78, 5) is 5.96. The average molecular weight is 525 g/mol. The molecule has 3 heterocycles. The van der Waals surface area contributed by atoms with Crippen molar-refractivity contribution in [2.75, 3.05) is 39.4 Å². The quantitative estimate of drug-likeness (QED) is 0.308. The minimum absolute atomic E-state index is 0.211. The van der Waals surface area contributed by atoms with Crippen LogP contribution in [0.15, 0.2) is 82.6 Å². The fraction of sp³-hybridized carbons (Fsp3) is 0.310. The molecule has 0 unspecified atom stereocenters. The highest BCUT2D eigenvalue weighted by atomic mass is 32.1. The van der Waals surface area contributed by atoms with Crippen LogP contribution < -0.4 is 0 Å². The predicted octanol–water partition coefficient (Wildman–Crippen LogP) is 5.24. The van der Waals surface area contributed by atoms with Crippen LogP contribution in [0.3, 0.4) is 0 Å². The Balaban J connectivity index is 1.41. The summed E-state index contributed by atoms with van der Waals surface area (Å²) in [6.45, 7) is 6.42. The van der Waals surface area contributed by atoms with Gasteiger partial charge in [-0.15, -0.1) is 11.3 Å². The lowest BCUT2D eigenvalue weighted by molar-refractivity contribution is 0.0320. The number of hydrogen-bond acceptors (Lipinski definition) is 6. The van der Waals surface area contributed by atoms with Crippen molar-refractivity contribution in [3.63, 3.8) is 0 Å². The van der Waals surface area contributed by atoms with E-state index in [1.54, 1.807) is 29.5 Å². The van der Waals surface area contributed by atoms with Gasteiger partial charge in [0, 0.05) is 37.6 Å². The normalized spacial score (nSPS) is 14.9. The molecule has 1 aliphatic rings. The molecule has 0 atom stereocenters. The minimum Gasteiger partial charge on any atom is -0.461 e. The van der Waals surface area contributed by atoms with Gasteiger partial charge in [-0.25, -0.2) is 8.78 Å². The zero-order valence-corrected chi connectivity index (χ0v) is 21.3. The monoisotopic (exact) mass is 524 g/mol. The van der Waals surface area contributed by atoms with Crippen LogP contribution in [0.1, 0.15) is 27.5 Å². The second kappa shape index (κ2) is 11.7. The van der Waals surface area contributed by atoms with Gasteiger partial charge in [0.2, 0.25) is 0 Å². The molecule has 0 radical (unpaired) electrons. The first kappa shape index (κ1) is 25.8. The molecule has 4 aromatic rings. The van der Waals surface area contributed by atoms with Gasteiger partial charge in [-0.1, -0.05) is 30.3 Å². The summed E-state index contributed by atoms with van der Waals surface area (Å²) in [6, 6.07) is 19.1. The Morgan fingerprint density at radius 3 is 2.22 bits per heavy atom. The van der Waals surface area contributed by atoms with E-state index >= 15 is 0 Å². The lowest BCUT2D eigenvalue weighted by Crippen LogP contribution is -2.41. The zero-order chi connectivity index (χ0) is 25.7. The van der Waals surface area contributed by atoms with Gasteiger partial charge in [-0.05, 0) is 59.0 Å². The van der Waals surface area contributed by atoms with E-state index in [1.165, 1.54) is 41.3 Å². The highest BCUT2D eigenvalue weighted by molar-refractivity contribution is 7.09. The number of aliphatic hydroxyl groups is 1. The van der Waals surface area contributed by atoms with Crippen LogP contribution in [0, 0.1) is 11.6 Å². The topological polar surface area (TPSA) is 49.1 Å². The lowest BCUT2D eigenvalue weighted by Gasteiger charge is -2.30. The maximum Gasteiger partial charge on any atom is 0.173 e. The number of rotatable bonds is 10. The third kappa shape index (κ3) is 6.17. The predicted molar refractivity (Wildman–Crippen MR) is 139 cm³/mol. The molecule has 1 aliphatic heterocycles. The first-order chi connectivity index (χ1) is 18.0. The van der Waals surface area contributed by atoms with E-state index in [1.807, 2.05) is 12.1 Å². The molecule has 0 saturated carbocycles. The van der Waals surface area contributed by atoms with Gasteiger partial charge in [0.1, 0.15) is 23.2 Å². The van der Waals surface area contributed by atoms with E-state index in [4.69, 9.17) is 9.15 Å². The molecule has 5 nitrogen and oxygen atoms in total. The SMILES string of the molecule is OC(c1cccc(F)c1)(c1cccc(F)c1)c1ccc(CN(CCN2CCOCC2)Cc2cccs2)o1. The summed E-state index contributed by atoms with van der Waals surface area (Å²) in [6.07, 6.45) is 0. The van der Waals surface area contributed by atoms with Crippen molar-refractivity contribution in [2.24, 2.45) is 0 Å². The highest BCUT2D eigenvalue weighted by Gasteiger charge is 2.38. The Morgan fingerprint density at radius 2 is 1.59 bits per heavy atom. The molecular weight excluding hydrogens is 494 g/mol. The summed E-state index contributed by atoms with van der Waals surface area (Å²) in [5.41, 5.74) is -1.32. The number of nitrogens with zero attached hydrogens (tertiary/aromatic N) is 2. The molecule has 194 valence electrons. The number of furan rings is 1. The molecule has 2 aromatic carbocycles. The Labute approximate surface area is 219 Å². The molecule has 0 spiro atoms. The number of hydrogen-bond donors (Lipinski definition) is 1. The summed E-state index contributed by atoms with van der Waals surface area (Å²) >= 11 is 1.71. The van der Waals surface area contributed by atoms with Crippen molar-refractivity contribution in [2.45, 2.75) is 18.7 Å². The molecule has 5 rings (SSSR count). The minimum atomic E-state index is -1.85. The Morgan fingerprint density at radius 1 is 0.892 bits per heavy atom. The smallest absolute Gasteiger partial charge is 0.173 e. The van der Waals surface area contributed by atoms with Crippen LogP contribution in [-0.4, -0.2) is 54.3 Å². The van der Waals surface area contributed by atoms with Gasteiger partial charge >= 0.3 is 0 Å². The average Bonchev–Trinajstić information content (AvgIpc) is 3.60. The van der Waals surface area contributed by atoms with Crippen molar-refractivity contribution >= 4 is 11.3 Å². The summed E-state index contributed by atoms with van der Waals surface area (Å²) < 4.78 is 40.0. The second-order valence-electron chi connectivity index (χ2n) is 9.24. The van der Waals surface area contributed by atoms with Crippen molar-refractivity contribution in [1.29, 1.82) is 0 Å². The van der Waals surface area contributed by atoms with E-state index in [0.29, 0.717) is 12.3 Å². The number of morpholine rings is 1. The van der Waals surface area contributed by atoms with Crippen molar-refractivity contribution < 1.29 is 23.0 Å². The molecule has 0 aliphatic carbocycles. The molecule has 2 aromatic heterocycles. The lowest BCUT2D eigenvalue weighted by atomic mass is 9.84. The van der Waals surface area contributed by atoms with Crippen LogP contribution >= 0.6 is 11.3 Å². The molecule has 8 heteroatoms. The fourth-order valence-electron chi connectivity index (χ4n) is 4.70. The van der Waals surface area contributed by atoms with Crippen LogP contribution in [0.2, 0.25) is 0 Å². The van der Waals surface area contributed by atoms with Crippen molar-refractivity contribution in [3.05, 3.63) is 117 Å². The van der Waals surface area contributed by atoms with Crippen LogP contribution in [0.4, 0.5) is 8.78 Å². The van der Waals surface area contributed by atoms with Crippen LogP contribution in [-0.2, 0) is 23.4 Å². The maximum absolute atomic E-state index is 14.2. The fourth-order valence-corrected chi connectivity index (χ4v) is 5.45. The molecule has 1 saturated heterocycles. The van der Waals surface area contributed by atoms with E-state index in [0.717, 1.165) is 45.9 Å². The number of halogens is 2. The van der Waals surface area contributed by atoms with Gasteiger partial charge < -0.3 is 14.3 Å². The van der Waals surface area contributed by atoms with Gasteiger partial charge in [0.15, 0.2) is 5.60 Å². The van der Waals surface area contributed by atoms with E-state index in [-0.39, 0.29) is 16.9 Å². The number of benzene rings is 2. The Bertz CT molecular complexity index is 1240. The van der Waals surface area contributed by atoms with Crippen molar-refractivity contribution in [3.8, 4) is 0 Å². The summed E-state index contributed by atoms with van der Waals surface area (Å²) in [5.74, 6) is -0.114. The molecule has 1 fully saturated rings. The van der Waals surface area contributed by atoms with Gasteiger partial charge in [0.05, 0.1) is 19.8 Å². The second-order valence-corrected chi connectivity index (χ2v) is 10.3. The molecule has 1 N–H and O–H groups in total. The molecular formula is C29H30F2N2O3S. The Kier molecular flexibility index (Phi) is 8.12. The standard InChI is InChI=1S/C29H30F2N2O3S/c30-24-6-1-4-22(18-24)29(34,23-5-2-7-25(31)19-23)28-10-9-26(36-28)20-33(21-27-8-3-17-37-27)12-11-32-13-15-35-16-14-32/h1-10,17-19,34H,11-16,20-21H2. The maximum atomic E-state index is 14.2. The highest BCUT2D eigenvalue weighted by Crippen LogP contribution is 2.38. The summed E-state index contributed by atoms with van der Waals surface area (Å²) in [7, 11) is 0. The van der Waals surface area contributed by atoms with Crippen LogP contribution in [0.5, 0.6) is 0 Å². The third-order valence-electron chi connectivity index (χ3n) is 6.68. The zero-order valence-electron chi connectivity index (χ0n) is 20.5. The molecule has 0 amide bonds. The van der Waals surface area contributed by atoms with Gasteiger partial charge in [0.25, 0.3) is 0 Å². The number of ether oxygens (including phenoxy) is 1. The molecule has 0 bridgehead atoms. The van der Waals surface area contributed by atoms with E-state index < -0.39 is 17.2 Å². The van der Waals surface area contributed by atoms with Gasteiger partial charge in [-0.2, -0.15) is 0 Å². The van der Waals surface area contributed by atoms with E-state index in [2.05, 4.69) is 21.2 Å². The van der Waals surface area contributed by atoms with E-state index in [9.17, 15) is 13.9 Å². The third-order valence-corrected chi connectivity index (χ3v) is 7.54. The molecule has 37 heavy (non-hydrogen) atoms. The number of thiophene rings is 1. The van der Waals surface area contributed by atoms with Crippen LogP contribution in [0.25, 0.3) is 0 Å². The van der Waals surface area contributed by atoms with Gasteiger partial charge in [-0.3, -0.25) is 9.80 Å². The van der Waals surface area contributed by atoms with Crippen molar-refractivity contribution in [1.82, 2.24) is 9.80 Å². The largest absolute Gasteiger partial charge is 0.461 e. The first-order valence-corrected chi connectivity index (χ1v) is 13.3.